The first-order valence-electron chi connectivity index (χ1n) is 12.2. The molecule has 2 unspecified atom stereocenters. The van der Waals surface area contributed by atoms with Crippen LogP contribution in [-0.4, -0.2) is 58.7 Å². The summed E-state index contributed by atoms with van der Waals surface area (Å²) >= 11 is 0. The van der Waals surface area contributed by atoms with Crippen LogP contribution in [0.2, 0.25) is 0 Å². The molecule has 5 rings (SSSR count). The van der Waals surface area contributed by atoms with Gasteiger partial charge >= 0.3 is 6.01 Å². The van der Waals surface area contributed by atoms with Crippen molar-refractivity contribution in [2.45, 2.75) is 37.6 Å². The molecule has 8 heteroatoms. The second-order valence-electron chi connectivity index (χ2n) is 9.35. The third-order valence-electron chi connectivity index (χ3n) is 7.30. The Morgan fingerprint density at radius 3 is 2.92 bits per heavy atom. The molecule has 1 aliphatic heterocycles. The van der Waals surface area contributed by atoms with Gasteiger partial charge < -0.3 is 19.6 Å². The van der Waals surface area contributed by atoms with Crippen molar-refractivity contribution in [1.29, 1.82) is 5.26 Å². The fourth-order valence-electron chi connectivity index (χ4n) is 5.59. The number of aromatic hydroxyl groups is 1. The number of carbonyl (C=O) groups is 1. The lowest BCUT2D eigenvalue weighted by atomic mass is 9.80. The number of rotatable bonds is 5. The van der Waals surface area contributed by atoms with Gasteiger partial charge in [-0.05, 0) is 59.7 Å². The standard InChI is InChI=1S/C28H29N5O3/c1-3-26(35)33-13-12-32(17-20(33)10-11-29)27-23-9-8-19(15-25(23)30-28(31-27)36-2)24-16-21(34)14-18-6-4-5-7-22(18)24/h3-7,14,16,19-20,34H,1,8-10,12-13,15,17H2,2H3. The van der Waals surface area contributed by atoms with Gasteiger partial charge in [0.15, 0.2) is 0 Å². The zero-order valence-corrected chi connectivity index (χ0v) is 20.4. The van der Waals surface area contributed by atoms with Gasteiger partial charge in [-0.15, -0.1) is 0 Å². The summed E-state index contributed by atoms with van der Waals surface area (Å²) in [5.41, 5.74) is 3.17. The van der Waals surface area contributed by atoms with Crippen LogP contribution in [0.1, 0.15) is 35.6 Å². The van der Waals surface area contributed by atoms with Gasteiger partial charge in [0, 0.05) is 25.2 Å². The monoisotopic (exact) mass is 483 g/mol. The first kappa shape index (κ1) is 23.6. The lowest BCUT2D eigenvalue weighted by Crippen LogP contribution is -2.55. The van der Waals surface area contributed by atoms with Crippen LogP contribution in [-0.2, 0) is 17.6 Å². The molecule has 0 bridgehead atoms. The summed E-state index contributed by atoms with van der Waals surface area (Å²) in [5.74, 6) is 1.14. The lowest BCUT2D eigenvalue weighted by Gasteiger charge is -2.42. The van der Waals surface area contributed by atoms with Crippen LogP contribution in [0.3, 0.4) is 0 Å². The van der Waals surface area contributed by atoms with E-state index in [2.05, 4.69) is 23.6 Å². The minimum atomic E-state index is -0.235. The van der Waals surface area contributed by atoms with Gasteiger partial charge in [0.05, 0.1) is 31.3 Å². The number of phenolic OH excluding ortho intramolecular Hbond substituents is 1. The number of hydrogen-bond acceptors (Lipinski definition) is 7. The van der Waals surface area contributed by atoms with Crippen molar-refractivity contribution < 1.29 is 14.6 Å². The fraction of sp³-hybridized carbons (Fsp3) is 0.357. The zero-order chi connectivity index (χ0) is 25.2. The van der Waals surface area contributed by atoms with Gasteiger partial charge in [0.1, 0.15) is 11.6 Å². The number of nitrogens with zero attached hydrogens (tertiary/aromatic N) is 5. The van der Waals surface area contributed by atoms with E-state index in [0.29, 0.717) is 32.1 Å². The van der Waals surface area contributed by atoms with E-state index in [1.54, 1.807) is 18.1 Å². The Kier molecular flexibility index (Phi) is 6.47. The number of amides is 1. The predicted molar refractivity (Wildman–Crippen MR) is 137 cm³/mol. The maximum atomic E-state index is 12.3. The normalized spacial score (nSPS) is 19.4. The molecule has 1 saturated heterocycles. The van der Waals surface area contributed by atoms with E-state index in [4.69, 9.17) is 14.7 Å². The Hall–Kier alpha value is -4.12. The highest BCUT2D eigenvalue weighted by atomic mass is 16.5. The number of piperazine rings is 1. The van der Waals surface area contributed by atoms with E-state index in [0.717, 1.165) is 46.3 Å². The third kappa shape index (κ3) is 4.33. The maximum absolute atomic E-state index is 12.3. The molecule has 36 heavy (non-hydrogen) atoms. The number of methoxy groups -OCH3 is 1. The molecule has 2 aliphatic rings. The highest BCUT2D eigenvalue weighted by molar-refractivity contribution is 5.88. The summed E-state index contributed by atoms with van der Waals surface area (Å²) in [6, 6.07) is 14.1. The second kappa shape index (κ2) is 9.86. The van der Waals surface area contributed by atoms with Crippen molar-refractivity contribution in [2.24, 2.45) is 0 Å². The first-order valence-corrected chi connectivity index (χ1v) is 12.2. The highest BCUT2D eigenvalue weighted by Crippen LogP contribution is 2.40. The number of anilines is 1. The van der Waals surface area contributed by atoms with E-state index in [9.17, 15) is 15.2 Å². The minimum Gasteiger partial charge on any atom is -0.508 e. The summed E-state index contributed by atoms with van der Waals surface area (Å²) in [7, 11) is 1.56. The lowest BCUT2D eigenvalue weighted by molar-refractivity contribution is -0.128. The van der Waals surface area contributed by atoms with Crippen molar-refractivity contribution in [3.8, 4) is 17.8 Å². The van der Waals surface area contributed by atoms with Gasteiger partial charge in [-0.1, -0.05) is 30.8 Å². The van der Waals surface area contributed by atoms with Crippen LogP contribution in [0.4, 0.5) is 5.82 Å². The number of ether oxygens (including phenoxy) is 1. The second-order valence-corrected chi connectivity index (χ2v) is 9.35. The van der Waals surface area contributed by atoms with Crippen LogP contribution in [0, 0.1) is 11.3 Å². The van der Waals surface area contributed by atoms with Gasteiger partial charge in [-0.2, -0.15) is 15.2 Å². The summed E-state index contributed by atoms with van der Waals surface area (Å²) < 4.78 is 5.47. The third-order valence-corrected chi connectivity index (χ3v) is 7.30. The molecule has 1 N–H and O–H groups in total. The van der Waals surface area contributed by atoms with Crippen molar-refractivity contribution in [3.05, 3.63) is 65.9 Å². The van der Waals surface area contributed by atoms with Crippen molar-refractivity contribution >= 4 is 22.5 Å². The number of hydrogen-bond donors (Lipinski definition) is 1. The van der Waals surface area contributed by atoms with Crippen LogP contribution >= 0.6 is 0 Å². The predicted octanol–water partition coefficient (Wildman–Crippen LogP) is 3.73. The van der Waals surface area contributed by atoms with Crippen LogP contribution in [0.15, 0.2) is 49.1 Å². The van der Waals surface area contributed by atoms with E-state index < -0.39 is 0 Å². The molecule has 0 radical (unpaired) electrons. The average Bonchev–Trinajstić information content (AvgIpc) is 2.91. The van der Waals surface area contributed by atoms with Gasteiger partial charge in [0.25, 0.3) is 0 Å². The molecule has 0 spiro atoms. The highest BCUT2D eigenvalue weighted by Gasteiger charge is 2.33. The molecule has 2 aromatic carbocycles. The van der Waals surface area contributed by atoms with Gasteiger partial charge in [0.2, 0.25) is 5.91 Å². The molecule has 1 aliphatic carbocycles. The summed E-state index contributed by atoms with van der Waals surface area (Å²) in [4.78, 5) is 25.7. The summed E-state index contributed by atoms with van der Waals surface area (Å²) in [6.07, 6.45) is 3.96. The Labute approximate surface area is 210 Å². The average molecular weight is 484 g/mol. The summed E-state index contributed by atoms with van der Waals surface area (Å²) in [6.45, 7) is 5.22. The number of nitriles is 1. The molecular formula is C28H29N5O3. The van der Waals surface area contributed by atoms with Crippen molar-refractivity contribution in [3.63, 3.8) is 0 Å². The van der Waals surface area contributed by atoms with Crippen LogP contribution in [0.5, 0.6) is 11.8 Å². The molecule has 8 nitrogen and oxygen atoms in total. The SMILES string of the molecule is C=CC(=O)N1CCN(c2nc(OC)nc3c2CCC(c2cc(O)cc4ccccc24)C3)CC1CC#N. The van der Waals surface area contributed by atoms with Crippen molar-refractivity contribution in [2.75, 3.05) is 31.6 Å². The number of phenols is 1. The van der Waals surface area contributed by atoms with Crippen molar-refractivity contribution in [1.82, 2.24) is 14.9 Å². The largest absolute Gasteiger partial charge is 0.508 e. The number of aromatic nitrogens is 2. The number of benzene rings is 2. The molecule has 0 saturated carbocycles. The van der Waals surface area contributed by atoms with Gasteiger partial charge in [-0.3, -0.25) is 4.79 Å². The molecule has 2 heterocycles. The molecule has 2 atom stereocenters. The van der Waals surface area contributed by atoms with E-state index in [-0.39, 0.29) is 30.0 Å². The minimum absolute atomic E-state index is 0.154. The molecule has 1 amide bonds. The fourth-order valence-corrected chi connectivity index (χ4v) is 5.59. The topological polar surface area (TPSA) is 103 Å². The Morgan fingerprint density at radius 2 is 2.14 bits per heavy atom. The molecule has 184 valence electrons. The Morgan fingerprint density at radius 1 is 1.31 bits per heavy atom. The zero-order valence-electron chi connectivity index (χ0n) is 20.4. The number of carbonyl (C=O) groups excluding carboxylic acids is 1. The summed E-state index contributed by atoms with van der Waals surface area (Å²) in [5, 5.41) is 21.9. The molecular weight excluding hydrogens is 454 g/mol. The first-order chi connectivity index (χ1) is 17.5. The molecule has 3 aromatic rings. The van der Waals surface area contributed by atoms with E-state index in [1.165, 1.54) is 6.08 Å². The molecule has 1 fully saturated rings. The van der Waals surface area contributed by atoms with Crippen LogP contribution in [0.25, 0.3) is 10.8 Å². The quantitative estimate of drug-likeness (QED) is 0.552. The Bertz CT molecular complexity index is 1370. The number of fused-ring (bicyclic) bond motifs is 2. The van der Waals surface area contributed by atoms with Crippen LogP contribution < -0.4 is 9.64 Å². The van der Waals surface area contributed by atoms with Gasteiger partial charge in [-0.25, -0.2) is 0 Å². The van der Waals surface area contributed by atoms with E-state index >= 15 is 0 Å². The van der Waals surface area contributed by atoms with E-state index in [1.807, 2.05) is 24.3 Å². The smallest absolute Gasteiger partial charge is 0.318 e. The maximum Gasteiger partial charge on any atom is 0.318 e. The molecule has 1 aromatic heterocycles. The Balaban J connectivity index is 1.48.